The van der Waals surface area contributed by atoms with Gasteiger partial charge in [0.1, 0.15) is 0 Å². The highest BCUT2D eigenvalue weighted by atomic mass is 16.3. The fourth-order valence-corrected chi connectivity index (χ4v) is 3.59. The molecule has 0 atom stereocenters. The number of piperidine rings is 1. The van der Waals surface area contributed by atoms with Gasteiger partial charge >= 0.3 is 0 Å². The van der Waals surface area contributed by atoms with Gasteiger partial charge in [-0.25, -0.2) is 0 Å². The molecule has 4 nitrogen and oxygen atoms in total. The van der Waals surface area contributed by atoms with Crippen LogP contribution in [0.15, 0.2) is 0 Å². The number of nitrogens with zero attached hydrogens (tertiary/aromatic N) is 2. The van der Waals surface area contributed by atoms with E-state index in [1.165, 1.54) is 38.5 Å². The van der Waals surface area contributed by atoms with Crippen LogP contribution in [0.2, 0.25) is 0 Å². The molecule has 3 rings (SSSR count). The highest BCUT2D eigenvalue weighted by molar-refractivity contribution is 5.79. The van der Waals surface area contributed by atoms with Crippen molar-refractivity contribution in [1.29, 1.82) is 0 Å². The third-order valence-corrected chi connectivity index (χ3v) is 4.86. The second-order valence-electron chi connectivity index (χ2n) is 6.48. The van der Waals surface area contributed by atoms with Crippen LogP contribution >= 0.6 is 0 Å². The van der Waals surface area contributed by atoms with E-state index in [9.17, 15) is 9.90 Å². The van der Waals surface area contributed by atoms with Gasteiger partial charge < -0.3 is 10.0 Å². The van der Waals surface area contributed by atoms with Crippen LogP contribution in [0.25, 0.3) is 0 Å². The fraction of sp³-hybridized carbons (Fsp3) is 0.933. The molecule has 1 amide bonds. The van der Waals surface area contributed by atoms with Gasteiger partial charge in [0.2, 0.25) is 5.91 Å². The molecule has 0 aromatic rings. The number of likely N-dealkylation sites (tertiary alicyclic amines) is 1. The molecular weight excluding hydrogens is 240 g/mol. The lowest BCUT2D eigenvalue weighted by atomic mass is 10.1. The molecule has 19 heavy (non-hydrogen) atoms. The van der Waals surface area contributed by atoms with Crippen LogP contribution in [0.3, 0.4) is 0 Å². The molecule has 1 aliphatic heterocycles. The van der Waals surface area contributed by atoms with Crippen molar-refractivity contribution in [3.8, 4) is 0 Å². The lowest BCUT2D eigenvalue weighted by molar-refractivity contribution is -0.135. The van der Waals surface area contributed by atoms with Crippen molar-refractivity contribution in [2.45, 2.75) is 69.6 Å². The third-order valence-electron chi connectivity index (χ3n) is 4.86. The summed E-state index contributed by atoms with van der Waals surface area (Å²) >= 11 is 0. The molecule has 108 valence electrons. The van der Waals surface area contributed by atoms with Crippen molar-refractivity contribution < 1.29 is 9.90 Å². The summed E-state index contributed by atoms with van der Waals surface area (Å²) in [6, 6.07) is 1.07. The van der Waals surface area contributed by atoms with Crippen LogP contribution in [0.1, 0.15) is 51.4 Å². The Labute approximate surface area is 115 Å². The summed E-state index contributed by atoms with van der Waals surface area (Å²) in [5.74, 6) is 0.339. The molecular formula is C15H26N2O2. The number of rotatable bonds is 4. The topological polar surface area (TPSA) is 43.8 Å². The monoisotopic (exact) mass is 266 g/mol. The minimum Gasteiger partial charge on any atom is -0.393 e. The van der Waals surface area contributed by atoms with Gasteiger partial charge in [-0.3, -0.25) is 9.69 Å². The summed E-state index contributed by atoms with van der Waals surface area (Å²) in [6.07, 6.45) is 8.90. The van der Waals surface area contributed by atoms with Crippen molar-refractivity contribution in [2.24, 2.45) is 0 Å². The first-order chi connectivity index (χ1) is 9.24. The van der Waals surface area contributed by atoms with Crippen LogP contribution < -0.4 is 0 Å². The number of hydrogen-bond acceptors (Lipinski definition) is 3. The predicted molar refractivity (Wildman–Crippen MR) is 73.8 cm³/mol. The zero-order valence-corrected chi connectivity index (χ0v) is 11.8. The number of aliphatic hydroxyl groups is 1. The van der Waals surface area contributed by atoms with Gasteiger partial charge in [0.25, 0.3) is 0 Å². The maximum absolute atomic E-state index is 12.6. The molecule has 1 saturated heterocycles. The SMILES string of the molecule is O=C(CN1CCC(O)CC1)N(C1CCCC1)C1CC1. The molecule has 2 saturated carbocycles. The number of carbonyl (C=O) groups excluding carboxylic acids is 1. The molecule has 4 heteroatoms. The molecule has 1 heterocycles. The zero-order valence-electron chi connectivity index (χ0n) is 11.8. The highest BCUT2D eigenvalue weighted by Crippen LogP contribution is 2.34. The molecule has 0 aromatic heterocycles. The smallest absolute Gasteiger partial charge is 0.237 e. The first-order valence-electron chi connectivity index (χ1n) is 7.95. The molecule has 0 radical (unpaired) electrons. The number of carbonyl (C=O) groups is 1. The quantitative estimate of drug-likeness (QED) is 0.836. The van der Waals surface area contributed by atoms with E-state index in [2.05, 4.69) is 9.80 Å². The molecule has 0 aromatic carbocycles. The second-order valence-corrected chi connectivity index (χ2v) is 6.48. The number of hydrogen-bond donors (Lipinski definition) is 1. The Morgan fingerprint density at radius 1 is 1.00 bits per heavy atom. The summed E-state index contributed by atoms with van der Waals surface area (Å²) in [7, 11) is 0. The Morgan fingerprint density at radius 2 is 1.58 bits per heavy atom. The number of amides is 1. The minimum absolute atomic E-state index is 0.152. The summed E-state index contributed by atoms with van der Waals surface area (Å²) in [4.78, 5) is 17.0. The molecule has 0 bridgehead atoms. The minimum atomic E-state index is -0.152. The average molecular weight is 266 g/mol. The van der Waals surface area contributed by atoms with E-state index in [0.717, 1.165) is 25.9 Å². The van der Waals surface area contributed by atoms with Crippen molar-refractivity contribution >= 4 is 5.91 Å². The van der Waals surface area contributed by atoms with E-state index in [-0.39, 0.29) is 6.10 Å². The van der Waals surface area contributed by atoms with Gasteiger partial charge in [0.05, 0.1) is 12.6 Å². The van der Waals surface area contributed by atoms with Crippen LogP contribution in [0.5, 0.6) is 0 Å². The summed E-state index contributed by atoms with van der Waals surface area (Å²) in [5, 5.41) is 9.52. The van der Waals surface area contributed by atoms with Crippen molar-refractivity contribution in [1.82, 2.24) is 9.80 Å². The van der Waals surface area contributed by atoms with Gasteiger partial charge in [-0.1, -0.05) is 12.8 Å². The first-order valence-corrected chi connectivity index (χ1v) is 7.95. The van der Waals surface area contributed by atoms with Crippen molar-refractivity contribution in [2.75, 3.05) is 19.6 Å². The van der Waals surface area contributed by atoms with E-state index in [1.54, 1.807) is 0 Å². The molecule has 2 aliphatic carbocycles. The fourth-order valence-electron chi connectivity index (χ4n) is 3.59. The van der Waals surface area contributed by atoms with Crippen LogP contribution in [-0.4, -0.2) is 58.6 Å². The van der Waals surface area contributed by atoms with Gasteiger partial charge in [0, 0.05) is 25.2 Å². The zero-order chi connectivity index (χ0) is 13.2. The van der Waals surface area contributed by atoms with Crippen LogP contribution in [0, 0.1) is 0 Å². The molecule has 3 fully saturated rings. The Morgan fingerprint density at radius 3 is 2.16 bits per heavy atom. The molecule has 3 aliphatic rings. The number of aliphatic hydroxyl groups excluding tert-OH is 1. The van der Waals surface area contributed by atoms with Crippen LogP contribution in [0.4, 0.5) is 0 Å². The van der Waals surface area contributed by atoms with Gasteiger partial charge in [-0.15, -0.1) is 0 Å². The molecule has 1 N–H and O–H groups in total. The lowest BCUT2D eigenvalue weighted by Crippen LogP contribution is -2.48. The maximum atomic E-state index is 12.6. The largest absolute Gasteiger partial charge is 0.393 e. The Hall–Kier alpha value is -0.610. The van der Waals surface area contributed by atoms with E-state index in [4.69, 9.17) is 0 Å². The van der Waals surface area contributed by atoms with Crippen LogP contribution in [-0.2, 0) is 4.79 Å². The van der Waals surface area contributed by atoms with Crippen molar-refractivity contribution in [3.63, 3.8) is 0 Å². The second kappa shape index (κ2) is 5.80. The summed E-state index contributed by atoms with van der Waals surface area (Å²) < 4.78 is 0. The third kappa shape index (κ3) is 3.29. The normalized spacial score (nSPS) is 26.8. The van der Waals surface area contributed by atoms with Crippen molar-refractivity contribution in [3.05, 3.63) is 0 Å². The van der Waals surface area contributed by atoms with Gasteiger partial charge in [-0.05, 0) is 38.5 Å². The van der Waals surface area contributed by atoms with E-state index in [0.29, 0.717) is 24.5 Å². The van der Waals surface area contributed by atoms with E-state index in [1.807, 2.05) is 0 Å². The average Bonchev–Trinajstić information content (AvgIpc) is 3.07. The first kappa shape index (κ1) is 13.4. The molecule has 0 spiro atoms. The Balaban J connectivity index is 1.54. The maximum Gasteiger partial charge on any atom is 0.237 e. The predicted octanol–water partition coefficient (Wildman–Crippen LogP) is 1.38. The lowest BCUT2D eigenvalue weighted by Gasteiger charge is -2.34. The summed E-state index contributed by atoms with van der Waals surface area (Å²) in [6.45, 7) is 2.31. The standard InChI is InChI=1S/C15H26N2O2/c18-14-7-9-16(10-8-14)11-15(19)17(13-5-6-13)12-3-1-2-4-12/h12-14,18H,1-11H2. The van der Waals surface area contributed by atoms with E-state index < -0.39 is 0 Å². The Kier molecular flexibility index (Phi) is 4.08. The van der Waals surface area contributed by atoms with Gasteiger partial charge in [0.15, 0.2) is 0 Å². The Bertz CT molecular complexity index is 316. The highest BCUT2D eigenvalue weighted by Gasteiger charge is 2.38. The van der Waals surface area contributed by atoms with E-state index >= 15 is 0 Å². The van der Waals surface area contributed by atoms with Gasteiger partial charge in [-0.2, -0.15) is 0 Å². The molecule has 0 unspecified atom stereocenters. The summed E-state index contributed by atoms with van der Waals surface area (Å²) in [5.41, 5.74) is 0.